The number of ether oxygens (including phenoxy) is 1. The second-order valence-corrected chi connectivity index (χ2v) is 20.8. The van der Waals surface area contributed by atoms with Gasteiger partial charge in [-0.15, -0.1) is 23.5 Å². The Morgan fingerprint density at radius 3 is 1.67 bits per heavy atom. The Labute approximate surface area is 309 Å². The Morgan fingerprint density at radius 1 is 0.783 bits per heavy atom. The van der Waals surface area contributed by atoms with E-state index >= 15 is 0 Å². The van der Waals surface area contributed by atoms with Crippen molar-refractivity contribution < 1.29 is 61.3 Å². The van der Waals surface area contributed by atoms with Gasteiger partial charge >= 0.3 is 35.5 Å². The molecule has 0 aromatic heterocycles. The zero-order valence-corrected chi connectivity index (χ0v) is 35.0. The molecule has 0 radical (unpaired) electrons. The maximum Gasteiger partial charge on any atom is 1.00 e. The van der Waals surface area contributed by atoms with E-state index in [4.69, 9.17) is 4.74 Å². The van der Waals surface area contributed by atoms with Crippen molar-refractivity contribution in [2.24, 2.45) is 0 Å². The van der Waals surface area contributed by atoms with Gasteiger partial charge in [0, 0.05) is 38.5 Å². The van der Waals surface area contributed by atoms with Crippen molar-refractivity contribution in [3.63, 3.8) is 0 Å². The molecule has 254 valence electrons. The smallest absolute Gasteiger partial charge is 0.726 e. The van der Waals surface area contributed by atoms with Crippen LogP contribution in [-0.4, -0.2) is 34.7 Å². The summed E-state index contributed by atoms with van der Waals surface area (Å²) in [6.45, 7) is 29.1. The molecule has 46 heavy (non-hydrogen) atoms. The normalized spacial score (nSPS) is 13.4. The third kappa shape index (κ3) is 12.6. The molecule has 0 aliphatic heterocycles. The zero-order chi connectivity index (χ0) is 35.0. The van der Waals surface area contributed by atoms with Gasteiger partial charge in [0.25, 0.3) is 0 Å². The number of thioether (sulfide) groups is 2. The molecule has 0 atom stereocenters. The fourth-order valence-electron chi connectivity index (χ4n) is 4.98. The minimum Gasteiger partial charge on any atom is -0.726 e. The van der Waals surface area contributed by atoms with E-state index in [9.17, 15) is 22.9 Å². The van der Waals surface area contributed by atoms with Crippen LogP contribution >= 0.6 is 23.5 Å². The van der Waals surface area contributed by atoms with E-state index in [2.05, 4.69) is 119 Å². The van der Waals surface area contributed by atoms with Crippen LogP contribution in [0.25, 0.3) is 0 Å². The SMILES string of the molecule is CC(C)(Sc1cc(C(C)(C)C)c(O)c(C(C)(C)C)c1)Sc1ccc(C(C)(C)C)c(OC(=O)CCCOS(=O)(=O)[O-])c1C(C)(C)C.[Na+]. The summed E-state index contributed by atoms with van der Waals surface area (Å²) in [5, 5.41) is 11.2. The molecule has 1 N–H and O–H groups in total. The third-order valence-corrected chi connectivity index (χ3v) is 10.0. The molecule has 7 nitrogen and oxygen atoms in total. The Bertz CT molecular complexity index is 1450. The average Bonchev–Trinajstić information content (AvgIpc) is 2.78. The summed E-state index contributed by atoms with van der Waals surface area (Å²) in [5.74, 6) is 0.338. The van der Waals surface area contributed by atoms with Crippen molar-refractivity contribution in [2.45, 2.75) is 145 Å². The van der Waals surface area contributed by atoms with E-state index in [0.717, 1.165) is 32.0 Å². The van der Waals surface area contributed by atoms with Crippen LogP contribution in [-0.2, 0) is 41.0 Å². The number of carbonyl (C=O) groups excluding carboxylic acids is 1. The van der Waals surface area contributed by atoms with Gasteiger partial charge in [0.1, 0.15) is 11.5 Å². The van der Waals surface area contributed by atoms with Crippen molar-refractivity contribution >= 4 is 39.9 Å². The first-order chi connectivity index (χ1) is 20.0. The van der Waals surface area contributed by atoms with Crippen LogP contribution in [0.3, 0.4) is 0 Å². The number of carbonyl (C=O) groups is 1. The molecule has 0 amide bonds. The minimum atomic E-state index is -4.82. The summed E-state index contributed by atoms with van der Waals surface area (Å²) in [6, 6.07) is 8.32. The number of esters is 1. The topological polar surface area (TPSA) is 113 Å². The molecule has 2 rings (SSSR count). The second-order valence-electron chi connectivity index (χ2n) is 16.1. The maximum atomic E-state index is 13.0. The summed E-state index contributed by atoms with van der Waals surface area (Å²) >= 11 is 3.43. The fourth-order valence-corrected chi connectivity index (χ4v) is 8.11. The molecule has 0 aliphatic rings. The molecule has 0 heterocycles. The van der Waals surface area contributed by atoms with Crippen LogP contribution < -0.4 is 34.3 Å². The molecule has 0 saturated heterocycles. The summed E-state index contributed by atoms with van der Waals surface area (Å²) in [7, 11) is -4.82. The van der Waals surface area contributed by atoms with Gasteiger partial charge in [-0.05, 0) is 60.1 Å². The number of benzene rings is 2. The van der Waals surface area contributed by atoms with E-state index in [-0.39, 0.29) is 69.3 Å². The molecule has 2 aromatic carbocycles. The van der Waals surface area contributed by atoms with Crippen LogP contribution in [0.5, 0.6) is 11.5 Å². The molecular formula is C35H53NaO7S3. The van der Waals surface area contributed by atoms with E-state index in [1.165, 1.54) is 0 Å². The van der Waals surface area contributed by atoms with Crippen LogP contribution in [0.15, 0.2) is 34.1 Å². The zero-order valence-electron chi connectivity index (χ0n) is 30.6. The van der Waals surface area contributed by atoms with E-state index in [1.54, 1.807) is 23.5 Å². The van der Waals surface area contributed by atoms with Gasteiger partial charge in [-0.2, -0.15) is 0 Å². The van der Waals surface area contributed by atoms with E-state index in [1.807, 2.05) is 6.07 Å². The molecule has 0 unspecified atom stereocenters. The average molecular weight is 705 g/mol. The molecule has 0 fully saturated rings. The first-order valence-corrected chi connectivity index (χ1v) is 18.2. The van der Waals surface area contributed by atoms with Crippen molar-refractivity contribution in [1.29, 1.82) is 0 Å². The standard InChI is InChI=1S/C35H54O7S3.Na/c1-31(2,3)23-17-18-26(28(34(10,11)12)30(23)42-27(36)16-15-19-41-45(38,39)40)44-35(13,14)43-22-20-24(32(4,5)6)29(37)25(21-22)33(7,8)9;/h17-18,20-21,37H,15-16,19H2,1-14H3,(H,38,39,40);/q;+1/p-1. The molecule has 2 aromatic rings. The van der Waals surface area contributed by atoms with Gasteiger partial charge in [0.2, 0.25) is 10.4 Å². The van der Waals surface area contributed by atoms with Crippen LogP contribution in [0.2, 0.25) is 0 Å². The van der Waals surface area contributed by atoms with Gasteiger partial charge in [-0.3, -0.25) is 8.98 Å². The summed E-state index contributed by atoms with van der Waals surface area (Å²) in [5.41, 5.74) is 2.42. The predicted octanol–water partition coefficient (Wildman–Crippen LogP) is 6.37. The fraction of sp³-hybridized carbons (Fsp3) is 0.629. The third-order valence-electron chi connectivity index (χ3n) is 7.07. The van der Waals surface area contributed by atoms with Gasteiger partial charge in [0.05, 0.1) is 10.7 Å². The number of hydrogen-bond acceptors (Lipinski definition) is 9. The number of phenols is 1. The summed E-state index contributed by atoms with van der Waals surface area (Å²) < 4.78 is 42.3. The Hall–Kier alpha value is -0.720. The largest absolute Gasteiger partial charge is 1.00 e. The van der Waals surface area contributed by atoms with Crippen molar-refractivity contribution in [3.8, 4) is 11.5 Å². The molecular weight excluding hydrogens is 652 g/mol. The van der Waals surface area contributed by atoms with Crippen LogP contribution in [0, 0.1) is 0 Å². The van der Waals surface area contributed by atoms with Crippen molar-refractivity contribution in [3.05, 3.63) is 46.5 Å². The summed E-state index contributed by atoms with van der Waals surface area (Å²) in [6.07, 6.45) is -0.0671. The van der Waals surface area contributed by atoms with Gasteiger partial charge in [0.15, 0.2) is 0 Å². The monoisotopic (exact) mass is 704 g/mol. The van der Waals surface area contributed by atoms with Crippen molar-refractivity contribution in [1.82, 2.24) is 0 Å². The second kappa shape index (κ2) is 15.4. The van der Waals surface area contributed by atoms with Gasteiger partial charge in [-0.1, -0.05) is 89.2 Å². The molecule has 0 bridgehead atoms. The van der Waals surface area contributed by atoms with E-state index in [0.29, 0.717) is 11.5 Å². The number of rotatable bonds is 10. The molecule has 11 heteroatoms. The Kier molecular flexibility index (Phi) is 14.5. The van der Waals surface area contributed by atoms with Gasteiger partial charge < -0.3 is 14.4 Å². The first kappa shape index (κ1) is 43.3. The molecule has 0 saturated carbocycles. The van der Waals surface area contributed by atoms with E-state index < -0.39 is 21.8 Å². The maximum absolute atomic E-state index is 13.0. The van der Waals surface area contributed by atoms with Crippen molar-refractivity contribution in [2.75, 3.05) is 6.61 Å². The van der Waals surface area contributed by atoms with Crippen LogP contribution in [0.4, 0.5) is 0 Å². The number of hydrogen-bond donors (Lipinski definition) is 1. The quantitative estimate of drug-likeness (QED) is 0.0441. The predicted molar refractivity (Wildman–Crippen MR) is 186 cm³/mol. The summed E-state index contributed by atoms with van der Waals surface area (Å²) in [4.78, 5) is 15.1. The Morgan fingerprint density at radius 2 is 1.26 bits per heavy atom. The molecule has 0 spiro atoms. The Balaban J connectivity index is 0.0000106. The minimum absolute atomic E-state index is 0. The van der Waals surface area contributed by atoms with Crippen LogP contribution in [0.1, 0.15) is 132 Å². The molecule has 0 aliphatic carbocycles. The van der Waals surface area contributed by atoms with Gasteiger partial charge in [-0.25, -0.2) is 8.42 Å². The first-order valence-electron chi connectivity index (χ1n) is 15.3. The number of phenolic OH excluding ortho intramolecular Hbond substituents is 1. The number of aromatic hydroxyl groups is 1.